The van der Waals surface area contributed by atoms with Gasteiger partial charge in [-0.2, -0.15) is 0 Å². The van der Waals surface area contributed by atoms with Crippen LogP contribution in [0.1, 0.15) is 26.2 Å². The van der Waals surface area contributed by atoms with Gasteiger partial charge in [0.25, 0.3) is 0 Å². The highest BCUT2D eigenvalue weighted by Gasteiger charge is 2.12. The van der Waals surface area contributed by atoms with Crippen LogP contribution in [0.3, 0.4) is 0 Å². The summed E-state index contributed by atoms with van der Waals surface area (Å²) in [5.41, 5.74) is 0. The number of nitrogens with zero attached hydrogens (tertiary/aromatic N) is 1. The lowest BCUT2D eigenvalue weighted by atomic mass is 10.1. The van der Waals surface area contributed by atoms with E-state index in [4.69, 9.17) is 4.74 Å². The summed E-state index contributed by atoms with van der Waals surface area (Å²) >= 11 is 0. The first-order valence-electron chi connectivity index (χ1n) is 5.83. The summed E-state index contributed by atoms with van der Waals surface area (Å²) < 4.78 is 5.82. The molecule has 0 saturated carbocycles. The fraction of sp³-hybridized carbons (Fsp3) is 1.00. The lowest BCUT2D eigenvalue weighted by Crippen LogP contribution is -2.34. The maximum atomic E-state index is 5.82. The molecule has 0 radical (unpaired) electrons. The van der Waals surface area contributed by atoms with Gasteiger partial charge in [0.1, 0.15) is 0 Å². The fourth-order valence-electron chi connectivity index (χ4n) is 1.83. The first kappa shape index (κ1) is 12.0. The zero-order valence-corrected chi connectivity index (χ0v) is 9.59. The largest absolute Gasteiger partial charge is 0.377 e. The van der Waals surface area contributed by atoms with E-state index < -0.39 is 0 Å². The average Bonchev–Trinajstić information content (AvgIpc) is 2.20. The zero-order valence-electron chi connectivity index (χ0n) is 9.59. The number of piperidine rings is 1. The predicted molar refractivity (Wildman–Crippen MR) is 59.6 cm³/mol. The van der Waals surface area contributed by atoms with Crippen molar-refractivity contribution >= 4 is 0 Å². The van der Waals surface area contributed by atoms with Gasteiger partial charge in [-0.15, -0.1) is 0 Å². The Morgan fingerprint density at radius 3 is 2.64 bits per heavy atom. The maximum absolute atomic E-state index is 5.82. The van der Waals surface area contributed by atoms with Crippen LogP contribution in [0.2, 0.25) is 0 Å². The molecule has 1 aliphatic rings. The minimum Gasteiger partial charge on any atom is -0.377 e. The Balaban J connectivity index is 1.96. The van der Waals surface area contributed by atoms with Crippen LogP contribution in [-0.4, -0.2) is 50.8 Å². The summed E-state index contributed by atoms with van der Waals surface area (Å²) in [6, 6.07) is 0. The summed E-state index contributed by atoms with van der Waals surface area (Å²) in [7, 11) is 2.16. The molecule has 0 aliphatic carbocycles. The third-order valence-electron chi connectivity index (χ3n) is 2.72. The number of likely N-dealkylation sites (N-methyl/N-ethyl adjacent to an activating group) is 1. The molecule has 3 heteroatoms. The minimum atomic E-state index is 0.506. The first-order chi connectivity index (χ1) is 6.83. The van der Waals surface area contributed by atoms with Crippen LogP contribution in [-0.2, 0) is 4.74 Å². The number of nitrogens with one attached hydrogen (secondary N) is 1. The molecule has 1 saturated heterocycles. The molecule has 1 N–H and O–H groups in total. The van der Waals surface area contributed by atoms with Gasteiger partial charge in [0.05, 0.1) is 12.7 Å². The molecule has 0 aromatic carbocycles. The van der Waals surface area contributed by atoms with E-state index in [2.05, 4.69) is 24.2 Å². The Bertz CT molecular complexity index is 135. The number of ether oxygens (including phenoxy) is 1. The SMILES string of the molecule is CCCN(C)CCOC1CCNCC1. The third kappa shape index (κ3) is 4.94. The highest BCUT2D eigenvalue weighted by atomic mass is 16.5. The quantitative estimate of drug-likeness (QED) is 0.695. The van der Waals surface area contributed by atoms with Crippen LogP contribution in [0.15, 0.2) is 0 Å². The number of rotatable bonds is 6. The van der Waals surface area contributed by atoms with Crippen molar-refractivity contribution < 1.29 is 4.74 Å². The van der Waals surface area contributed by atoms with E-state index in [1.54, 1.807) is 0 Å². The van der Waals surface area contributed by atoms with Crippen LogP contribution in [0.4, 0.5) is 0 Å². The van der Waals surface area contributed by atoms with Crippen molar-refractivity contribution in [2.24, 2.45) is 0 Å². The van der Waals surface area contributed by atoms with Crippen molar-refractivity contribution in [3.05, 3.63) is 0 Å². The van der Waals surface area contributed by atoms with E-state index in [9.17, 15) is 0 Å². The molecule has 0 amide bonds. The van der Waals surface area contributed by atoms with E-state index in [0.717, 1.165) is 26.2 Å². The molecule has 1 aliphatic heterocycles. The monoisotopic (exact) mass is 200 g/mol. The second-order valence-corrected chi connectivity index (χ2v) is 4.12. The first-order valence-corrected chi connectivity index (χ1v) is 5.83. The molecule has 0 aromatic heterocycles. The van der Waals surface area contributed by atoms with Crippen molar-refractivity contribution in [1.29, 1.82) is 0 Å². The minimum absolute atomic E-state index is 0.506. The smallest absolute Gasteiger partial charge is 0.0600 e. The van der Waals surface area contributed by atoms with Gasteiger partial charge < -0.3 is 15.0 Å². The van der Waals surface area contributed by atoms with Gasteiger partial charge in [0, 0.05) is 6.54 Å². The summed E-state index contributed by atoms with van der Waals surface area (Å²) in [5, 5.41) is 3.34. The molecule has 1 rings (SSSR count). The van der Waals surface area contributed by atoms with Crippen molar-refractivity contribution in [3.8, 4) is 0 Å². The molecular weight excluding hydrogens is 176 g/mol. The van der Waals surface area contributed by atoms with Crippen molar-refractivity contribution in [3.63, 3.8) is 0 Å². The van der Waals surface area contributed by atoms with Crippen LogP contribution in [0, 0.1) is 0 Å². The van der Waals surface area contributed by atoms with E-state index in [-0.39, 0.29) is 0 Å². The molecule has 1 heterocycles. The van der Waals surface area contributed by atoms with E-state index in [1.165, 1.54) is 25.8 Å². The summed E-state index contributed by atoms with van der Waals surface area (Å²) in [4.78, 5) is 2.33. The second-order valence-electron chi connectivity index (χ2n) is 4.12. The van der Waals surface area contributed by atoms with Gasteiger partial charge in [-0.25, -0.2) is 0 Å². The molecule has 0 spiro atoms. The molecule has 1 fully saturated rings. The van der Waals surface area contributed by atoms with Crippen LogP contribution in [0.5, 0.6) is 0 Å². The van der Waals surface area contributed by atoms with Crippen molar-refractivity contribution in [2.45, 2.75) is 32.3 Å². The fourth-order valence-corrected chi connectivity index (χ4v) is 1.83. The van der Waals surface area contributed by atoms with Crippen LogP contribution >= 0.6 is 0 Å². The Morgan fingerprint density at radius 2 is 2.00 bits per heavy atom. The Morgan fingerprint density at radius 1 is 1.29 bits per heavy atom. The molecule has 0 atom stereocenters. The van der Waals surface area contributed by atoms with Gasteiger partial charge in [0.15, 0.2) is 0 Å². The van der Waals surface area contributed by atoms with E-state index in [0.29, 0.717) is 6.10 Å². The highest BCUT2D eigenvalue weighted by Crippen LogP contribution is 2.06. The van der Waals surface area contributed by atoms with Crippen molar-refractivity contribution in [2.75, 3.05) is 39.8 Å². The van der Waals surface area contributed by atoms with Gasteiger partial charge in [0.2, 0.25) is 0 Å². The molecule has 3 nitrogen and oxygen atoms in total. The normalized spacial score (nSPS) is 19.1. The Kier molecular flexibility index (Phi) is 6.15. The van der Waals surface area contributed by atoms with Crippen LogP contribution in [0.25, 0.3) is 0 Å². The van der Waals surface area contributed by atoms with E-state index >= 15 is 0 Å². The topological polar surface area (TPSA) is 24.5 Å². The maximum Gasteiger partial charge on any atom is 0.0600 e. The van der Waals surface area contributed by atoms with Gasteiger partial charge in [-0.3, -0.25) is 0 Å². The second kappa shape index (κ2) is 7.21. The van der Waals surface area contributed by atoms with Gasteiger partial charge in [-0.1, -0.05) is 6.92 Å². The third-order valence-corrected chi connectivity index (χ3v) is 2.72. The predicted octanol–water partition coefficient (Wildman–Crippen LogP) is 1.10. The van der Waals surface area contributed by atoms with Gasteiger partial charge >= 0.3 is 0 Å². The molecule has 0 bridgehead atoms. The summed E-state index contributed by atoms with van der Waals surface area (Å²) in [6.45, 7) is 7.59. The zero-order chi connectivity index (χ0) is 10.2. The Hall–Kier alpha value is -0.120. The highest BCUT2D eigenvalue weighted by molar-refractivity contribution is 4.68. The average molecular weight is 200 g/mol. The number of hydrogen-bond donors (Lipinski definition) is 1. The molecular formula is C11H24N2O. The van der Waals surface area contributed by atoms with Gasteiger partial charge in [-0.05, 0) is 45.9 Å². The van der Waals surface area contributed by atoms with Crippen LogP contribution < -0.4 is 5.32 Å². The van der Waals surface area contributed by atoms with E-state index in [1.807, 2.05) is 0 Å². The molecule has 0 aromatic rings. The lowest BCUT2D eigenvalue weighted by Gasteiger charge is -2.24. The lowest BCUT2D eigenvalue weighted by molar-refractivity contribution is 0.0232. The summed E-state index contributed by atoms with van der Waals surface area (Å²) in [6.07, 6.45) is 4.09. The molecule has 0 unspecified atom stereocenters. The molecule has 84 valence electrons. The Labute approximate surface area is 87.8 Å². The standard InChI is InChI=1S/C11H24N2O/c1-3-8-13(2)9-10-14-11-4-6-12-7-5-11/h11-12H,3-10H2,1-2H3. The summed E-state index contributed by atoms with van der Waals surface area (Å²) in [5.74, 6) is 0. The number of hydrogen-bond acceptors (Lipinski definition) is 3. The van der Waals surface area contributed by atoms with Crippen molar-refractivity contribution in [1.82, 2.24) is 10.2 Å². The molecule has 14 heavy (non-hydrogen) atoms.